The van der Waals surface area contributed by atoms with Crippen LogP contribution in [0.3, 0.4) is 0 Å². The molecule has 0 fully saturated rings. The van der Waals surface area contributed by atoms with Gasteiger partial charge in [0, 0.05) is 22.0 Å². The lowest BCUT2D eigenvalue weighted by Crippen LogP contribution is -2.21. The van der Waals surface area contributed by atoms with Crippen molar-refractivity contribution in [3.05, 3.63) is 89.7 Å². The van der Waals surface area contributed by atoms with Crippen molar-refractivity contribution in [2.75, 3.05) is 25.2 Å². The lowest BCUT2D eigenvalue weighted by Gasteiger charge is -2.20. The van der Waals surface area contributed by atoms with Crippen molar-refractivity contribution in [3.8, 4) is 16.8 Å². The Morgan fingerprint density at radius 3 is 2.38 bits per heavy atom. The van der Waals surface area contributed by atoms with Crippen molar-refractivity contribution >= 4 is 35.0 Å². The summed E-state index contributed by atoms with van der Waals surface area (Å²) < 4.78 is 1.98. The van der Waals surface area contributed by atoms with Crippen LogP contribution in [-0.4, -0.2) is 45.4 Å². The molecule has 1 aromatic heterocycles. The Kier molecular flexibility index (Phi) is 7.67. The van der Waals surface area contributed by atoms with Gasteiger partial charge in [0.15, 0.2) is 11.0 Å². The molecule has 1 N–H and O–H groups in total. The van der Waals surface area contributed by atoms with E-state index in [0.717, 1.165) is 28.3 Å². The number of hydrogen-bond acceptors (Lipinski definition) is 5. The molecule has 0 radical (unpaired) electrons. The van der Waals surface area contributed by atoms with Gasteiger partial charge in [-0.1, -0.05) is 71.9 Å². The Morgan fingerprint density at radius 1 is 1.00 bits per heavy atom. The molecule has 1 atom stereocenters. The minimum atomic E-state index is -0.110. The van der Waals surface area contributed by atoms with Gasteiger partial charge < -0.3 is 5.32 Å². The first kappa shape index (κ1) is 24.0. The fourth-order valence-corrected chi connectivity index (χ4v) is 4.37. The Bertz CT molecular complexity index is 1260. The smallest absolute Gasteiger partial charge is 0.234 e. The summed E-state index contributed by atoms with van der Waals surface area (Å²) >= 11 is 7.45. The van der Waals surface area contributed by atoms with Gasteiger partial charge in [0.1, 0.15) is 0 Å². The summed E-state index contributed by atoms with van der Waals surface area (Å²) in [4.78, 5) is 15.0. The third-order valence-corrected chi connectivity index (χ3v) is 6.69. The van der Waals surface area contributed by atoms with Crippen LogP contribution in [0.15, 0.2) is 84.0 Å². The molecule has 0 unspecified atom stereocenters. The number of amides is 1. The number of nitrogens with one attached hydrogen (secondary N) is 1. The fourth-order valence-electron chi connectivity index (χ4n) is 3.49. The monoisotopic (exact) mass is 491 g/mol. The molecule has 1 heterocycles. The van der Waals surface area contributed by atoms with Crippen LogP contribution in [0.1, 0.15) is 18.8 Å². The first-order chi connectivity index (χ1) is 16.4. The molecule has 174 valence electrons. The van der Waals surface area contributed by atoms with Gasteiger partial charge in [-0.2, -0.15) is 0 Å². The van der Waals surface area contributed by atoms with Crippen LogP contribution in [0, 0.1) is 0 Å². The number of hydrogen-bond donors (Lipinski definition) is 1. The third kappa shape index (κ3) is 5.50. The average Bonchev–Trinajstić information content (AvgIpc) is 3.27. The summed E-state index contributed by atoms with van der Waals surface area (Å²) in [6, 6.07) is 25.4. The number of halogens is 1. The predicted octanol–water partition coefficient (Wildman–Crippen LogP) is 5.94. The van der Waals surface area contributed by atoms with E-state index in [1.807, 2.05) is 97.5 Å². The molecule has 4 aromatic rings. The van der Waals surface area contributed by atoms with E-state index in [1.54, 1.807) is 0 Å². The Hall–Kier alpha value is -3.13. The van der Waals surface area contributed by atoms with E-state index in [4.69, 9.17) is 11.6 Å². The molecular weight excluding hydrogens is 466 g/mol. The van der Waals surface area contributed by atoms with Crippen molar-refractivity contribution < 1.29 is 4.79 Å². The molecule has 0 spiro atoms. The van der Waals surface area contributed by atoms with E-state index in [0.29, 0.717) is 10.2 Å². The summed E-state index contributed by atoms with van der Waals surface area (Å²) in [6.45, 7) is 2.07. The van der Waals surface area contributed by atoms with Crippen LogP contribution in [0.25, 0.3) is 16.8 Å². The Labute approximate surface area is 209 Å². The summed E-state index contributed by atoms with van der Waals surface area (Å²) in [5, 5.41) is 13.2. The lowest BCUT2D eigenvalue weighted by molar-refractivity contribution is -0.113. The zero-order valence-electron chi connectivity index (χ0n) is 19.3. The highest BCUT2D eigenvalue weighted by Gasteiger charge is 2.21. The number of benzene rings is 3. The van der Waals surface area contributed by atoms with Crippen molar-refractivity contribution in [3.63, 3.8) is 0 Å². The first-order valence-electron chi connectivity index (χ1n) is 10.9. The second-order valence-corrected chi connectivity index (χ2v) is 9.42. The van der Waals surface area contributed by atoms with Gasteiger partial charge in [-0.3, -0.25) is 14.3 Å². The topological polar surface area (TPSA) is 63.1 Å². The second kappa shape index (κ2) is 10.9. The quantitative estimate of drug-likeness (QED) is 0.309. The molecule has 34 heavy (non-hydrogen) atoms. The Morgan fingerprint density at radius 2 is 1.68 bits per heavy atom. The minimum absolute atomic E-state index is 0.0316. The molecule has 0 aliphatic carbocycles. The normalized spacial score (nSPS) is 12.0. The standard InChI is InChI=1S/C26H26ClN5OS/c1-18(31(2)3)25-29-30-26(32(25)21-15-13-20(27)14-16-21)34-17-24(33)28-23-12-8-7-11-22(23)19-9-5-4-6-10-19/h4-16,18H,17H2,1-3H3,(H,28,33)/t18-/m1/s1. The molecule has 0 aliphatic heterocycles. The van der Waals surface area contributed by atoms with Crippen molar-refractivity contribution in [1.82, 2.24) is 19.7 Å². The summed E-state index contributed by atoms with van der Waals surface area (Å²) in [7, 11) is 3.99. The molecular formula is C26H26ClN5OS. The predicted molar refractivity (Wildman–Crippen MR) is 140 cm³/mol. The van der Waals surface area contributed by atoms with Crippen molar-refractivity contribution in [1.29, 1.82) is 0 Å². The number of aromatic nitrogens is 3. The largest absolute Gasteiger partial charge is 0.325 e. The van der Waals surface area contributed by atoms with E-state index in [2.05, 4.69) is 27.3 Å². The van der Waals surface area contributed by atoms with Crippen LogP contribution in [0.5, 0.6) is 0 Å². The van der Waals surface area contributed by atoms with Gasteiger partial charge in [0.25, 0.3) is 0 Å². The number of para-hydroxylation sites is 1. The zero-order chi connectivity index (χ0) is 24.1. The number of anilines is 1. The second-order valence-electron chi connectivity index (χ2n) is 8.04. The van der Waals surface area contributed by atoms with Crippen molar-refractivity contribution in [2.45, 2.75) is 18.1 Å². The number of carbonyl (C=O) groups is 1. The first-order valence-corrected chi connectivity index (χ1v) is 12.2. The lowest BCUT2D eigenvalue weighted by atomic mass is 10.0. The van der Waals surface area contributed by atoms with Crippen LogP contribution in [0.4, 0.5) is 5.69 Å². The van der Waals surface area contributed by atoms with Gasteiger partial charge in [0.05, 0.1) is 11.8 Å². The minimum Gasteiger partial charge on any atom is -0.325 e. The van der Waals surface area contributed by atoms with Crippen LogP contribution in [0.2, 0.25) is 5.02 Å². The van der Waals surface area contributed by atoms with E-state index in [9.17, 15) is 4.79 Å². The highest BCUT2D eigenvalue weighted by Crippen LogP contribution is 2.30. The maximum Gasteiger partial charge on any atom is 0.234 e. The zero-order valence-corrected chi connectivity index (χ0v) is 20.8. The molecule has 0 bridgehead atoms. The van der Waals surface area contributed by atoms with Gasteiger partial charge in [0.2, 0.25) is 5.91 Å². The van der Waals surface area contributed by atoms with Gasteiger partial charge in [-0.25, -0.2) is 0 Å². The summed E-state index contributed by atoms with van der Waals surface area (Å²) in [6.07, 6.45) is 0. The van der Waals surface area contributed by atoms with E-state index in [-0.39, 0.29) is 17.7 Å². The van der Waals surface area contributed by atoms with Gasteiger partial charge in [-0.15, -0.1) is 10.2 Å². The van der Waals surface area contributed by atoms with Crippen LogP contribution in [-0.2, 0) is 4.79 Å². The molecule has 0 saturated heterocycles. The number of nitrogens with zero attached hydrogens (tertiary/aromatic N) is 4. The number of thioether (sulfide) groups is 1. The van der Waals surface area contributed by atoms with E-state index >= 15 is 0 Å². The number of carbonyl (C=O) groups excluding carboxylic acids is 1. The third-order valence-electron chi connectivity index (χ3n) is 5.51. The fraction of sp³-hybridized carbons (Fsp3) is 0.192. The highest BCUT2D eigenvalue weighted by atomic mass is 35.5. The van der Waals surface area contributed by atoms with Crippen LogP contribution >= 0.6 is 23.4 Å². The molecule has 4 rings (SSSR count). The molecule has 8 heteroatoms. The SMILES string of the molecule is C[C@H](c1nnc(SCC(=O)Nc2ccccc2-c2ccccc2)n1-c1ccc(Cl)cc1)N(C)C. The molecule has 6 nitrogen and oxygen atoms in total. The van der Waals surface area contributed by atoms with Crippen LogP contribution < -0.4 is 5.32 Å². The molecule has 0 aliphatic rings. The molecule has 3 aromatic carbocycles. The van der Waals surface area contributed by atoms with Gasteiger partial charge in [-0.05, 0) is 56.9 Å². The summed E-state index contributed by atoms with van der Waals surface area (Å²) in [5.74, 6) is 0.886. The van der Waals surface area contributed by atoms with Gasteiger partial charge >= 0.3 is 0 Å². The van der Waals surface area contributed by atoms with Crippen molar-refractivity contribution in [2.24, 2.45) is 0 Å². The highest BCUT2D eigenvalue weighted by molar-refractivity contribution is 7.99. The van der Waals surface area contributed by atoms with E-state index in [1.165, 1.54) is 11.8 Å². The van der Waals surface area contributed by atoms with E-state index < -0.39 is 0 Å². The number of rotatable bonds is 8. The Balaban J connectivity index is 1.54. The summed E-state index contributed by atoms with van der Waals surface area (Å²) in [5.41, 5.74) is 3.71. The molecule has 0 saturated carbocycles. The maximum absolute atomic E-state index is 12.9. The molecule has 1 amide bonds. The maximum atomic E-state index is 12.9. The average molecular weight is 492 g/mol.